The Morgan fingerprint density at radius 3 is 2.67 bits per heavy atom. The molecular formula is C19H24FN7O3. The van der Waals surface area contributed by atoms with Crippen molar-refractivity contribution in [1.29, 1.82) is 0 Å². The van der Waals surface area contributed by atoms with Crippen LogP contribution in [0.25, 0.3) is 11.2 Å². The number of nitrogens with one attached hydrogen (secondary N) is 1. The SMILES string of the molecule is CN(C)c1nc(NCc2ccncc2)nc2c1ncn2[C@@H]1O[C@H](CO)[C@@H](O)[C@@]1(C)F. The molecule has 11 heteroatoms. The van der Waals surface area contributed by atoms with Gasteiger partial charge >= 0.3 is 0 Å². The maximum Gasteiger partial charge on any atom is 0.227 e. The van der Waals surface area contributed by atoms with Crippen LogP contribution in [0.15, 0.2) is 30.9 Å². The van der Waals surface area contributed by atoms with Gasteiger partial charge in [-0.2, -0.15) is 9.97 Å². The predicted molar refractivity (Wildman–Crippen MR) is 108 cm³/mol. The van der Waals surface area contributed by atoms with E-state index in [1.165, 1.54) is 17.8 Å². The zero-order chi connectivity index (χ0) is 21.5. The summed E-state index contributed by atoms with van der Waals surface area (Å²) in [4.78, 5) is 19.2. The number of nitrogens with zero attached hydrogens (tertiary/aromatic N) is 6. The molecule has 30 heavy (non-hydrogen) atoms. The van der Waals surface area contributed by atoms with E-state index in [1.54, 1.807) is 17.3 Å². The molecule has 0 unspecified atom stereocenters. The van der Waals surface area contributed by atoms with Crippen LogP contribution < -0.4 is 10.2 Å². The molecule has 160 valence electrons. The van der Waals surface area contributed by atoms with Gasteiger partial charge in [0.25, 0.3) is 0 Å². The van der Waals surface area contributed by atoms with E-state index in [9.17, 15) is 10.2 Å². The molecule has 1 saturated heterocycles. The van der Waals surface area contributed by atoms with E-state index >= 15 is 4.39 Å². The number of alkyl halides is 1. The largest absolute Gasteiger partial charge is 0.394 e. The quantitative estimate of drug-likeness (QED) is 0.536. The lowest BCUT2D eigenvalue weighted by atomic mass is 9.98. The van der Waals surface area contributed by atoms with Gasteiger partial charge in [0.05, 0.1) is 12.9 Å². The topological polar surface area (TPSA) is 121 Å². The number of pyridine rings is 1. The average molecular weight is 417 g/mol. The van der Waals surface area contributed by atoms with Crippen molar-refractivity contribution in [2.24, 2.45) is 0 Å². The maximum atomic E-state index is 15.3. The summed E-state index contributed by atoms with van der Waals surface area (Å²) < 4.78 is 22.4. The van der Waals surface area contributed by atoms with Gasteiger partial charge in [0.15, 0.2) is 28.9 Å². The fraction of sp³-hybridized carbons (Fsp3) is 0.474. The third-order valence-electron chi connectivity index (χ3n) is 5.18. The number of fused-ring (bicyclic) bond motifs is 1. The Bertz CT molecular complexity index is 1030. The molecule has 0 radical (unpaired) electrons. The highest BCUT2D eigenvalue weighted by Gasteiger charge is 2.55. The van der Waals surface area contributed by atoms with Gasteiger partial charge in [0, 0.05) is 33.0 Å². The monoisotopic (exact) mass is 417 g/mol. The second kappa shape index (κ2) is 7.74. The second-order valence-corrected chi connectivity index (χ2v) is 7.60. The molecule has 1 aliphatic heterocycles. The van der Waals surface area contributed by atoms with Crippen LogP contribution in [0.3, 0.4) is 0 Å². The fourth-order valence-electron chi connectivity index (χ4n) is 3.51. The molecule has 4 rings (SSSR count). The van der Waals surface area contributed by atoms with Gasteiger partial charge in [-0.1, -0.05) is 0 Å². The van der Waals surface area contributed by atoms with Gasteiger partial charge in [-0.3, -0.25) is 9.55 Å². The number of ether oxygens (including phenoxy) is 1. The number of aliphatic hydroxyl groups excluding tert-OH is 2. The molecule has 0 spiro atoms. The lowest BCUT2D eigenvalue weighted by molar-refractivity contribution is -0.0566. The zero-order valence-corrected chi connectivity index (χ0v) is 16.9. The predicted octanol–water partition coefficient (Wildman–Crippen LogP) is 0.878. The first-order valence-electron chi connectivity index (χ1n) is 9.51. The van der Waals surface area contributed by atoms with Crippen molar-refractivity contribution in [2.45, 2.75) is 37.6 Å². The van der Waals surface area contributed by atoms with Crippen molar-refractivity contribution in [3.05, 3.63) is 36.4 Å². The summed E-state index contributed by atoms with van der Waals surface area (Å²) >= 11 is 0. The van der Waals surface area contributed by atoms with Gasteiger partial charge in [-0.15, -0.1) is 0 Å². The summed E-state index contributed by atoms with van der Waals surface area (Å²) in [5, 5.41) is 22.8. The molecule has 3 N–H and O–H groups in total. The molecule has 1 aliphatic rings. The summed E-state index contributed by atoms with van der Waals surface area (Å²) in [5.41, 5.74) is -0.325. The normalized spacial score (nSPS) is 26.3. The van der Waals surface area contributed by atoms with Crippen LogP contribution in [-0.4, -0.2) is 73.3 Å². The summed E-state index contributed by atoms with van der Waals surface area (Å²) in [5.74, 6) is 0.886. The summed E-state index contributed by atoms with van der Waals surface area (Å²) in [7, 11) is 3.65. The standard InChI is InChI=1S/C19H24FN7O3/c1-19(20)14(29)12(9-28)30-17(19)27-10-23-13-15(26(2)3)24-18(25-16(13)27)22-8-11-4-6-21-7-5-11/h4-7,10,12,14,17,28-29H,8-9H2,1-3H3,(H,22,24,25)/t12-,14-,17-,19-/m1/s1. The van der Waals surface area contributed by atoms with Crippen LogP contribution in [0, 0.1) is 0 Å². The number of aliphatic hydroxyl groups is 2. The molecule has 0 saturated carbocycles. The number of anilines is 2. The van der Waals surface area contributed by atoms with E-state index in [4.69, 9.17) is 4.74 Å². The highest BCUT2D eigenvalue weighted by molar-refractivity contribution is 5.84. The molecule has 3 aromatic heterocycles. The summed E-state index contributed by atoms with van der Waals surface area (Å²) in [6.07, 6.45) is 1.08. The highest BCUT2D eigenvalue weighted by Crippen LogP contribution is 2.42. The zero-order valence-electron chi connectivity index (χ0n) is 16.9. The lowest BCUT2D eigenvalue weighted by Crippen LogP contribution is -2.40. The first-order chi connectivity index (χ1) is 14.3. The molecule has 0 aromatic carbocycles. The molecule has 0 amide bonds. The van der Waals surface area contributed by atoms with Crippen molar-refractivity contribution < 1.29 is 19.3 Å². The minimum absolute atomic E-state index is 0.336. The molecule has 0 bridgehead atoms. The number of imidazole rings is 1. The number of hydrogen-bond donors (Lipinski definition) is 3. The fourth-order valence-corrected chi connectivity index (χ4v) is 3.51. The first-order valence-corrected chi connectivity index (χ1v) is 9.51. The highest BCUT2D eigenvalue weighted by atomic mass is 19.1. The molecule has 10 nitrogen and oxygen atoms in total. The number of hydrogen-bond acceptors (Lipinski definition) is 9. The van der Waals surface area contributed by atoms with Gasteiger partial charge in [-0.25, -0.2) is 9.37 Å². The third-order valence-corrected chi connectivity index (χ3v) is 5.18. The van der Waals surface area contributed by atoms with E-state index in [2.05, 4.69) is 25.3 Å². The van der Waals surface area contributed by atoms with E-state index in [1.807, 2.05) is 26.2 Å². The molecule has 3 aromatic rings. The minimum atomic E-state index is -2.14. The summed E-state index contributed by atoms with van der Waals surface area (Å²) in [6, 6.07) is 3.75. The van der Waals surface area contributed by atoms with Crippen LogP contribution >= 0.6 is 0 Å². The van der Waals surface area contributed by atoms with Crippen molar-refractivity contribution in [3.63, 3.8) is 0 Å². The molecule has 4 atom stereocenters. The number of aromatic nitrogens is 5. The molecular weight excluding hydrogens is 393 g/mol. The first kappa shape index (κ1) is 20.4. The lowest BCUT2D eigenvalue weighted by Gasteiger charge is -2.24. The Morgan fingerprint density at radius 1 is 1.30 bits per heavy atom. The number of rotatable bonds is 6. The van der Waals surface area contributed by atoms with Crippen LogP contribution in [0.2, 0.25) is 0 Å². The average Bonchev–Trinajstić information content (AvgIpc) is 3.25. The Labute approximate surface area is 172 Å². The van der Waals surface area contributed by atoms with E-state index in [0.29, 0.717) is 29.5 Å². The second-order valence-electron chi connectivity index (χ2n) is 7.60. The molecule has 4 heterocycles. The minimum Gasteiger partial charge on any atom is -0.394 e. The Kier molecular flexibility index (Phi) is 5.26. The van der Waals surface area contributed by atoms with Crippen molar-refractivity contribution in [1.82, 2.24) is 24.5 Å². The van der Waals surface area contributed by atoms with Crippen molar-refractivity contribution in [3.8, 4) is 0 Å². The van der Waals surface area contributed by atoms with Crippen LogP contribution in [0.1, 0.15) is 18.7 Å². The van der Waals surface area contributed by atoms with Crippen LogP contribution in [0.5, 0.6) is 0 Å². The van der Waals surface area contributed by atoms with Crippen LogP contribution in [-0.2, 0) is 11.3 Å². The Morgan fingerprint density at radius 2 is 2.03 bits per heavy atom. The smallest absolute Gasteiger partial charge is 0.227 e. The van der Waals surface area contributed by atoms with Gasteiger partial charge in [0.2, 0.25) is 5.95 Å². The van der Waals surface area contributed by atoms with E-state index in [0.717, 1.165) is 5.56 Å². The number of halogens is 1. The van der Waals surface area contributed by atoms with Crippen LogP contribution in [0.4, 0.5) is 16.2 Å². The van der Waals surface area contributed by atoms with Gasteiger partial charge in [-0.05, 0) is 24.6 Å². The van der Waals surface area contributed by atoms with Crippen molar-refractivity contribution in [2.75, 3.05) is 30.9 Å². The maximum absolute atomic E-state index is 15.3. The summed E-state index contributed by atoms with van der Waals surface area (Å²) in [6.45, 7) is 1.21. The van der Waals surface area contributed by atoms with E-state index < -0.39 is 30.7 Å². The van der Waals surface area contributed by atoms with Gasteiger partial charge in [0.1, 0.15) is 12.2 Å². The molecule has 1 fully saturated rings. The Hall–Kier alpha value is -2.89. The van der Waals surface area contributed by atoms with Gasteiger partial charge < -0.3 is 25.2 Å². The Balaban J connectivity index is 1.74. The molecule has 0 aliphatic carbocycles. The van der Waals surface area contributed by atoms with Crippen molar-refractivity contribution >= 4 is 22.9 Å². The third kappa shape index (κ3) is 3.44. The van der Waals surface area contributed by atoms with E-state index in [-0.39, 0.29) is 0 Å².